The molecule has 0 aliphatic carbocycles. The molecule has 1 atom stereocenters. The van der Waals surface area contributed by atoms with Crippen LogP contribution in [0.2, 0.25) is 0 Å². The van der Waals surface area contributed by atoms with Crippen molar-refractivity contribution in [1.82, 2.24) is 5.32 Å². The molecule has 0 bridgehead atoms. The maximum absolute atomic E-state index is 13.6. The van der Waals surface area contributed by atoms with Gasteiger partial charge in [0.1, 0.15) is 11.9 Å². The fraction of sp³-hybridized carbons (Fsp3) is 0.357. The van der Waals surface area contributed by atoms with E-state index in [4.69, 9.17) is 11.5 Å². The van der Waals surface area contributed by atoms with Crippen molar-refractivity contribution < 1.29 is 18.8 Å². The van der Waals surface area contributed by atoms with Gasteiger partial charge >= 0.3 is 6.03 Å². The van der Waals surface area contributed by atoms with Gasteiger partial charge in [-0.3, -0.25) is 9.59 Å². The summed E-state index contributed by atoms with van der Waals surface area (Å²) in [7, 11) is 0. The number of hydrogen-bond acceptors (Lipinski definition) is 3. The molecule has 0 aromatic heterocycles. The highest BCUT2D eigenvalue weighted by Gasteiger charge is 2.31. The van der Waals surface area contributed by atoms with Crippen LogP contribution in [0.5, 0.6) is 0 Å². The predicted octanol–water partition coefficient (Wildman–Crippen LogP) is 0.946. The van der Waals surface area contributed by atoms with Crippen molar-refractivity contribution in [3.8, 4) is 0 Å². The summed E-state index contributed by atoms with van der Waals surface area (Å²) in [5, 5.41) is 4.78. The summed E-state index contributed by atoms with van der Waals surface area (Å²) in [6.45, 7) is 5.22. The summed E-state index contributed by atoms with van der Waals surface area (Å²) in [4.78, 5) is 34.2. The van der Waals surface area contributed by atoms with Gasteiger partial charge in [0.05, 0.1) is 5.56 Å². The van der Waals surface area contributed by atoms with Crippen molar-refractivity contribution in [2.45, 2.75) is 26.8 Å². The van der Waals surface area contributed by atoms with E-state index in [0.717, 1.165) is 12.1 Å². The first-order valence-electron chi connectivity index (χ1n) is 6.48. The Hall–Kier alpha value is -2.64. The van der Waals surface area contributed by atoms with E-state index in [1.165, 1.54) is 6.07 Å². The third kappa shape index (κ3) is 4.44. The van der Waals surface area contributed by atoms with Gasteiger partial charge in [-0.2, -0.15) is 0 Å². The van der Waals surface area contributed by atoms with Crippen LogP contribution in [0.25, 0.3) is 0 Å². The molecule has 1 rings (SSSR count). The lowest BCUT2D eigenvalue weighted by Gasteiger charge is -2.28. The number of primary amides is 2. The smallest absolute Gasteiger partial charge is 0.319 e. The number of anilines is 1. The molecule has 0 saturated carbocycles. The number of nitrogens with two attached hydrogens (primary N) is 2. The van der Waals surface area contributed by atoms with Crippen LogP contribution < -0.4 is 22.1 Å². The minimum Gasteiger partial charge on any atom is -0.368 e. The van der Waals surface area contributed by atoms with Gasteiger partial charge in [0.15, 0.2) is 0 Å². The molecular weight excluding hydrogens is 291 g/mol. The van der Waals surface area contributed by atoms with E-state index in [1.54, 1.807) is 20.8 Å². The van der Waals surface area contributed by atoms with Crippen molar-refractivity contribution in [3.63, 3.8) is 0 Å². The van der Waals surface area contributed by atoms with Crippen LogP contribution in [0.3, 0.4) is 0 Å². The summed E-state index contributed by atoms with van der Waals surface area (Å²) < 4.78 is 13.6. The van der Waals surface area contributed by atoms with E-state index in [9.17, 15) is 18.8 Å². The van der Waals surface area contributed by atoms with Gasteiger partial charge < -0.3 is 22.1 Å². The van der Waals surface area contributed by atoms with Crippen LogP contribution in [0.15, 0.2) is 18.2 Å². The van der Waals surface area contributed by atoms with Crippen LogP contribution in [-0.4, -0.2) is 23.9 Å². The van der Waals surface area contributed by atoms with Crippen molar-refractivity contribution in [3.05, 3.63) is 29.6 Å². The molecule has 6 N–H and O–H groups in total. The maximum Gasteiger partial charge on any atom is 0.319 e. The molecule has 1 aromatic rings. The fourth-order valence-corrected chi connectivity index (χ4v) is 1.81. The van der Waals surface area contributed by atoms with Gasteiger partial charge in [-0.25, -0.2) is 9.18 Å². The zero-order valence-corrected chi connectivity index (χ0v) is 12.6. The highest BCUT2D eigenvalue weighted by Crippen LogP contribution is 2.19. The van der Waals surface area contributed by atoms with E-state index < -0.39 is 35.1 Å². The number of amides is 4. The first kappa shape index (κ1) is 17.4. The molecule has 22 heavy (non-hydrogen) atoms. The summed E-state index contributed by atoms with van der Waals surface area (Å²) >= 11 is 0. The number of halogens is 1. The Morgan fingerprint density at radius 2 is 1.77 bits per heavy atom. The van der Waals surface area contributed by atoms with E-state index in [0.29, 0.717) is 0 Å². The number of rotatable bonds is 4. The van der Waals surface area contributed by atoms with Crippen LogP contribution in [0.1, 0.15) is 31.1 Å². The van der Waals surface area contributed by atoms with Crippen LogP contribution in [0.4, 0.5) is 14.9 Å². The zero-order chi connectivity index (χ0) is 17.1. The molecular formula is C14H19FN4O3. The Balaban J connectivity index is 2.83. The number of carbonyl (C=O) groups excluding carboxylic acids is 3. The van der Waals surface area contributed by atoms with Crippen LogP contribution >= 0.6 is 0 Å². The second-order valence-electron chi connectivity index (χ2n) is 5.86. The number of nitrogens with one attached hydrogen (secondary N) is 2. The van der Waals surface area contributed by atoms with Crippen molar-refractivity contribution in [2.24, 2.45) is 16.9 Å². The minimum absolute atomic E-state index is 0.108. The van der Waals surface area contributed by atoms with Crippen molar-refractivity contribution in [2.75, 3.05) is 5.32 Å². The summed E-state index contributed by atoms with van der Waals surface area (Å²) in [5.74, 6) is -2.44. The lowest BCUT2D eigenvalue weighted by Crippen LogP contribution is -2.53. The van der Waals surface area contributed by atoms with Gasteiger partial charge in [-0.15, -0.1) is 0 Å². The lowest BCUT2D eigenvalue weighted by atomic mass is 9.86. The average Bonchev–Trinajstić information content (AvgIpc) is 2.33. The van der Waals surface area contributed by atoms with Crippen LogP contribution in [0, 0.1) is 11.2 Å². The average molecular weight is 310 g/mol. The Morgan fingerprint density at radius 1 is 1.18 bits per heavy atom. The summed E-state index contributed by atoms with van der Waals surface area (Å²) in [6.07, 6.45) is 0. The zero-order valence-electron chi connectivity index (χ0n) is 12.6. The molecule has 0 aliphatic heterocycles. The largest absolute Gasteiger partial charge is 0.368 e. The highest BCUT2D eigenvalue weighted by molar-refractivity contribution is 5.96. The van der Waals surface area contributed by atoms with Gasteiger partial charge in [0.2, 0.25) is 5.91 Å². The quantitative estimate of drug-likeness (QED) is 0.661. The number of hydrogen-bond donors (Lipinski definition) is 4. The summed E-state index contributed by atoms with van der Waals surface area (Å²) in [5.41, 5.74) is 9.48. The van der Waals surface area contributed by atoms with Crippen molar-refractivity contribution in [1.29, 1.82) is 0 Å². The SMILES string of the molecule is CC(C)(C)[C@H](NC(=O)Nc1ccc(C(N)=O)c(F)c1)C(N)=O. The van der Waals surface area contributed by atoms with E-state index in [1.807, 2.05) is 0 Å². The molecule has 1 aromatic carbocycles. The van der Waals surface area contributed by atoms with Crippen molar-refractivity contribution >= 4 is 23.5 Å². The van der Waals surface area contributed by atoms with Gasteiger partial charge in [0, 0.05) is 5.69 Å². The molecule has 120 valence electrons. The predicted molar refractivity (Wildman–Crippen MR) is 79.5 cm³/mol. The molecule has 8 heteroatoms. The molecule has 7 nitrogen and oxygen atoms in total. The van der Waals surface area contributed by atoms with Gasteiger partial charge in [-0.05, 0) is 23.6 Å². The fourth-order valence-electron chi connectivity index (χ4n) is 1.81. The molecule has 0 aliphatic rings. The third-order valence-corrected chi connectivity index (χ3v) is 2.92. The van der Waals surface area contributed by atoms with E-state index >= 15 is 0 Å². The highest BCUT2D eigenvalue weighted by atomic mass is 19.1. The molecule has 0 heterocycles. The monoisotopic (exact) mass is 310 g/mol. The molecule has 0 fully saturated rings. The third-order valence-electron chi connectivity index (χ3n) is 2.92. The summed E-state index contributed by atoms with van der Waals surface area (Å²) in [6, 6.07) is 1.81. The topological polar surface area (TPSA) is 127 Å². The first-order chi connectivity index (χ1) is 10.0. The second-order valence-corrected chi connectivity index (χ2v) is 5.86. The molecule has 0 spiro atoms. The number of urea groups is 1. The number of carbonyl (C=O) groups is 3. The molecule has 0 saturated heterocycles. The van der Waals surface area contributed by atoms with E-state index in [2.05, 4.69) is 10.6 Å². The first-order valence-corrected chi connectivity index (χ1v) is 6.48. The molecule has 0 unspecified atom stereocenters. The molecule has 4 amide bonds. The second kappa shape index (κ2) is 6.42. The van der Waals surface area contributed by atoms with E-state index in [-0.39, 0.29) is 11.3 Å². The Morgan fingerprint density at radius 3 is 2.18 bits per heavy atom. The van der Waals surface area contributed by atoms with Gasteiger partial charge in [0.25, 0.3) is 5.91 Å². The standard InChI is InChI=1S/C14H19FN4O3/c1-14(2,3)10(12(17)21)19-13(22)18-7-4-5-8(11(16)20)9(15)6-7/h4-6,10H,1-3H3,(H2,16,20)(H2,17,21)(H2,18,19,22)/t10-/m1/s1. The van der Waals surface area contributed by atoms with Crippen LogP contribution in [-0.2, 0) is 4.79 Å². The maximum atomic E-state index is 13.6. The minimum atomic E-state index is -0.907. The Kier molecular flexibility index (Phi) is 5.08. The van der Waals surface area contributed by atoms with Gasteiger partial charge in [-0.1, -0.05) is 20.8 Å². The normalized spacial score (nSPS) is 12.4. The lowest BCUT2D eigenvalue weighted by molar-refractivity contribution is -0.122. The molecule has 0 radical (unpaired) electrons. The Bertz CT molecular complexity index is 611. The Labute approximate surface area is 127 Å². The number of benzene rings is 1.